The van der Waals surface area contributed by atoms with Crippen LogP contribution < -0.4 is 10.6 Å². The van der Waals surface area contributed by atoms with E-state index in [2.05, 4.69) is 68.7 Å². The fourth-order valence-corrected chi connectivity index (χ4v) is 4.16. The minimum Gasteiger partial charge on any atom is -0.355 e. The third kappa shape index (κ3) is 8.40. The number of aromatic nitrogens is 3. The highest BCUT2D eigenvalue weighted by molar-refractivity contribution is 14.0. The first kappa shape index (κ1) is 25.6. The van der Waals surface area contributed by atoms with Gasteiger partial charge in [0.05, 0.1) is 6.54 Å². The van der Waals surface area contributed by atoms with Crippen LogP contribution in [0.1, 0.15) is 50.7 Å². The highest BCUT2D eigenvalue weighted by atomic mass is 127. The quantitative estimate of drug-likeness (QED) is 0.305. The molecule has 0 amide bonds. The summed E-state index contributed by atoms with van der Waals surface area (Å²) >= 11 is 0. The lowest BCUT2D eigenvalue weighted by molar-refractivity contribution is 0.161. The van der Waals surface area contributed by atoms with Crippen molar-refractivity contribution in [1.29, 1.82) is 0 Å². The van der Waals surface area contributed by atoms with Gasteiger partial charge in [-0.1, -0.05) is 51.0 Å². The summed E-state index contributed by atoms with van der Waals surface area (Å²) in [5, 5.41) is 11.2. The first-order valence-corrected chi connectivity index (χ1v) is 11.2. The molecule has 0 radical (unpaired) electrons. The Bertz CT molecular complexity index is 768. The molecule has 2 aromatic rings. The monoisotopic (exact) mass is 539 g/mol. The molecule has 1 fully saturated rings. The lowest BCUT2D eigenvalue weighted by Crippen LogP contribution is -2.49. The van der Waals surface area contributed by atoms with E-state index < -0.39 is 0 Å². The number of likely N-dealkylation sites (tertiary alicyclic amines) is 1. The van der Waals surface area contributed by atoms with Crippen LogP contribution in [0.5, 0.6) is 0 Å². The lowest BCUT2D eigenvalue weighted by atomic mass is 10.0. The van der Waals surface area contributed by atoms with Gasteiger partial charge in [-0.3, -0.25) is 9.89 Å². The SMILES string of the molecule is CN=C(NCc1cccc(Cn2cncn2)c1)NCC(C(C)C)N1CCCCCC1.I. The molecule has 1 unspecified atom stereocenters. The van der Waals surface area contributed by atoms with E-state index in [0.717, 1.165) is 25.6 Å². The molecule has 3 rings (SSSR count). The van der Waals surface area contributed by atoms with Crippen molar-refractivity contribution in [3.63, 3.8) is 0 Å². The number of halogens is 1. The standard InChI is InChI=1S/C23H37N7.HI/c1-19(2)22(29-11-6-4-5-7-12-29)15-27-23(24-3)26-14-20-9-8-10-21(13-20)16-30-18-25-17-28-30;/h8-10,13,17-19,22H,4-7,11-12,14-16H2,1-3H3,(H2,24,26,27);1H. The molecule has 8 heteroatoms. The van der Waals surface area contributed by atoms with Crippen LogP contribution in [0, 0.1) is 5.92 Å². The molecule has 1 aliphatic rings. The van der Waals surface area contributed by atoms with Gasteiger partial charge in [0.1, 0.15) is 12.7 Å². The van der Waals surface area contributed by atoms with Crippen LogP contribution in [0.15, 0.2) is 41.9 Å². The molecule has 1 saturated heterocycles. The van der Waals surface area contributed by atoms with E-state index in [1.165, 1.54) is 49.9 Å². The van der Waals surface area contributed by atoms with E-state index in [1.54, 1.807) is 12.7 Å². The van der Waals surface area contributed by atoms with Crippen LogP contribution in [0.2, 0.25) is 0 Å². The van der Waals surface area contributed by atoms with Crippen molar-refractivity contribution < 1.29 is 0 Å². The van der Waals surface area contributed by atoms with Gasteiger partial charge < -0.3 is 10.6 Å². The average Bonchev–Trinajstić information content (AvgIpc) is 3.10. The Morgan fingerprint density at radius 2 is 1.84 bits per heavy atom. The largest absolute Gasteiger partial charge is 0.355 e. The first-order valence-electron chi connectivity index (χ1n) is 11.2. The van der Waals surface area contributed by atoms with E-state index in [9.17, 15) is 0 Å². The lowest BCUT2D eigenvalue weighted by Gasteiger charge is -2.34. The minimum atomic E-state index is 0. The van der Waals surface area contributed by atoms with Crippen LogP contribution in [0.4, 0.5) is 0 Å². The molecule has 0 bridgehead atoms. The Morgan fingerprint density at radius 3 is 2.48 bits per heavy atom. The van der Waals surface area contributed by atoms with Crippen molar-refractivity contribution in [1.82, 2.24) is 30.3 Å². The Morgan fingerprint density at radius 1 is 1.10 bits per heavy atom. The van der Waals surface area contributed by atoms with Gasteiger partial charge in [0.25, 0.3) is 0 Å². The summed E-state index contributed by atoms with van der Waals surface area (Å²) in [5.74, 6) is 1.47. The average molecular weight is 540 g/mol. The van der Waals surface area contributed by atoms with Crippen molar-refractivity contribution >= 4 is 29.9 Å². The Labute approximate surface area is 204 Å². The van der Waals surface area contributed by atoms with Gasteiger partial charge in [-0.25, -0.2) is 9.67 Å². The van der Waals surface area contributed by atoms with Gasteiger partial charge in [-0.05, 0) is 43.0 Å². The van der Waals surface area contributed by atoms with Crippen molar-refractivity contribution in [2.75, 3.05) is 26.7 Å². The smallest absolute Gasteiger partial charge is 0.191 e. The summed E-state index contributed by atoms with van der Waals surface area (Å²) in [6, 6.07) is 9.09. The number of aliphatic imine (C=N–C) groups is 1. The van der Waals surface area contributed by atoms with Crippen molar-refractivity contribution in [2.24, 2.45) is 10.9 Å². The zero-order valence-electron chi connectivity index (χ0n) is 19.1. The molecule has 2 heterocycles. The van der Waals surface area contributed by atoms with Crippen LogP contribution in [-0.2, 0) is 13.1 Å². The van der Waals surface area contributed by atoms with Gasteiger partial charge in [0.15, 0.2) is 5.96 Å². The second kappa shape index (κ2) is 13.7. The Balaban J connectivity index is 0.00000341. The first-order chi connectivity index (χ1) is 14.7. The minimum absolute atomic E-state index is 0. The molecule has 2 N–H and O–H groups in total. The highest BCUT2D eigenvalue weighted by Crippen LogP contribution is 2.17. The zero-order valence-corrected chi connectivity index (χ0v) is 21.5. The second-order valence-corrected chi connectivity index (χ2v) is 8.48. The third-order valence-electron chi connectivity index (χ3n) is 5.84. The second-order valence-electron chi connectivity index (χ2n) is 8.48. The molecule has 1 atom stereocenters. The van der Waals surface area contributed by atoms with Gasteiger partial charge >= 0.3 is 0 Å². The summed E-state index contributed by atoms with van der Waals surface area (Å²) in [4.78, 5) is 11.1. The molecular formula is C23H38IN7. The predicted octanol–water partition coefficient (Wildman–Crippen LogP) is 3.51. The normalized spacial score (nSPS) is 16.5. The molecule has 31 heavy (non-hydrogen) atoms. The summed E-state index contributed by atoms with van der Waals surface area (Å²) in [5.41, 5.74) is 2.44. The van der Waals surface area contributed by atoms with Gasteiger partial charge in [0, 0.05) is 26.2 Å². The number of hydrogen-bond donors (Lipinski definition) is 2. The fourth-order valence-electron chi connectivity index (χ4n) is 4.16. The number of hydrogen-bond acceptors (Lipinski definition) is 4. The zero-order chi connectivity index (χ0) is 21.2. The summed E-state index contributed by atoms with van der Waals surface area (Å²) < 4.78 is 1.84. The van der Waals surface area contributed by atoms with Gasteiger partial charge in [0.2, 0.25) is 0 Å². The van der Waals surface area contributed by atoms with Crippen LogP contribution in [0.25, 0.3) is 0 Å². The molecule has 1 aliphatic heterocycles. The molecule has 0 aliphatic carbocycles. The maximum atomic E-state index is 4.43. The molecule has 0 spiro atoms. The molecule has 0 saturated carbocycles. The number of nitrogens with zero attached hydrogens (tertiary/aromatic N) is 5. The van der Waals surface area contributed by atoms with Crippen molar-refractivity contribution in [3.05, 3.63) is 48.0 Å². The topological polar surface area (TPSA) is 70.4 Å². The molecule has 7 nitrogen and oxygen atoms in total. The van der Waals surface area contributed by atoms with Gasteiger partial charge in [-0.15, -0.1) is 24.0 Å². The van der Waals surface area contributed by atoms with Crippen molar-refractivity contribution in [2.45, 2.75) is 58.7 Å². The maximum absolute atomic E-state index is 4.43. The molecule has 172 valence electrons. The summed E-state index contributed by atoms with van der Waals surface area (Å²) in [7, 11) is 1.84. The summed E-state index contributed by atoms with van der Waals surface area (Å²) in [6.45, 7) is 9.48. The van der Waals surface area contributed by atoms with E-state index in [-0.39, 0.29) is 24.0 Å². The van der Waals surface area contributed by atoms with Crippen LogP contribution >= 0.6 is 24.0 Å². The molecule has 1 aromatic carbocycles. The molecular weight excluding hydrogens is 501 g/mol. The van der Waals surface area contributed by atoms with E-state index >= 15 is 0 Å². The Hall–Kier alpha value is -1.68. The summed E-state index contributed by atoms with van der Waals surface area (Å²) in [6.07, 6.45) is 8.69. The van der Waals surface area contributed by atoms with E-state index in [1.807, 2.05) is 11.7 Å². The van der Waals surface area contributed by atoms with Crippen LogP contribution in [-0.4, -0.2) is 58.3 Å². The number of benzene rings is 1. The Kier molecular flexibility index (Phi) is 11.3. The number of rotatable bonds is 8. The number of guanidine groups is 1. The third-order valence-corrected chi connectivity index (χ3v) is 5.84. The maximum Gasteiger partial charge on any atom is 0.191 e. The van der Waals surface area contributed by atoms with E-state index in [0.29, 0.717) is 12.0 Å². The number of nitrogens with one attached hydrogen (secondary N) is 2. The van der Waals surface area contributed by atoms with E-state index in [4.69, 9.17) is 0 Å². The highest BCUT2D eigenvalue weighted by Gasteiger charge is 2.22. The van der Waals surface area contributed by atoms with Gasteiger partial charge in [-0.2, -0.15) is 5.10 Å². The van der Waals surface area contributed by atoms with Crippen molar-refractivity contribution in [3.8, 4) is 0 Å². The predicted molar refractivity (Wildman–Crippen MR) is 138 cm³/mol. The fraction of sp³-hybridized carbons (Fsp3) is 0.609. The molecule has 1 aromatic heterocycles. The van der Waals surface area contributed by atoms with Crippen LogP contribution in [0.3, 0.4) is 0 Å².